The van der Waals surface area contributed by atoms with Crippen molar-refractivity contribution in [2.45, 2.75) is 13.8 Å². The van der Waals surface area contributed by atoms with Gasteiger partial charge in [-0.2, -0.15) is 10.4 Å². The van der Waals surface area contributed by atoms with Crippen LogP contribution in [0.2, 0.25) is 0 Å². The van der Waals surface area contributed by atoms with Crippen molar-refractivity contribution in [2.75, 3.05) is 36.0 Å². The van der Waals surface area contributed by atoms with Crippen LogP contribution in [0, 0.1) is 25.2 Å². The minimum atomic E-state index is 0.664. The fourth-order valence-corrected chi connectivity index (χ4v) is 3.53. The van der Waals surface area contributed by atoms with Crippen LogP contribution in [0.1, 0.15) is 16.8 Å². The molecule has 8 heteroatoms. The van der Waals surface area contributed by atoms with Crippen molar-refractivity contribution in [3.8, 4) is 17.3 Å². The van der Waals surface area contributed by atoms with Crippen LogP contribution in [0.15, 0.2) is 30.9 Å². The van der Waals surface area contributed by atoms with Crippen LogP contribution in [0.3, 0.4) is 0 Å². The highest BCUT2D eigenvalue weighted by Crippen LogP contribution is 2.25. The van der Waals surface area contributed by atoms with Crippen LogP contribution in [0.5, 0.6) is 0 Å². The van der Waals surface area contributed by atoms with Gasteiger partial charge in [-0.1, -0.05) is 0 Å². The molecule has 1 aliphatic heterocycles. The first-order valence-electron chi connectivity index (χ1n) is 9.24. The lowest BCUT2D eigenvalue weighted by atomic mass is 10.1. The SMILES string of the molecule is Cc1cc(C)c(C#N)c(N2CCN(c3cncc(-c4cnn(C)c4)n3)CC2)n1. The topological polar surface area (TPSA) is 86.8 Å². The summed E-state index contributed by atoms with van der Waals surface area (Å²) in [5, 5.41) is 13.7. The number of nitriles is 1. The quantitative estimate of drug-likeness (QED) is 0.694. The lowest BCUT2D eigenvalue weighted by Crippen LogP contribution is -2.47. The summed E-state index contributed by atoms with van der Waals surface area (Å²) >= 11 is 0. The summed E-state index contributed by atoms with van der Waals surface area (Å²) in [5.74, 6) is 1.64. The highest BCUT2D eigenvalue weighted by molar-refractivity contribution is 5.60. The number of aryl methyl sites for hydroxylation is 3. The molecular weight excluding hydrogens is 352 g/mol. The normalized spacial score (nSPS) is 14.2. The Morgan fingerprint density at radius 2 is 1.75 bits per heavy atom. The minimum absolute atomic E-state index is 0.664. The van der Waals surface area contributed by atoms with E-state index in [-0.39, 0.29) is 0 Å². The Balaban J connectivity index is 1.52. The summed E-state index contributed by atoms with van der Waals surface area (Å²) in [6, 6.07) is 4.27. The molecule has 4 rings (SSSR count). The van der Waals surface area contributed by atoms with E-state index in [1.54, 1.807) is 23.3 Å². The molecule has 4 heterocycles. The van der Waals surface area contributed by atoms with Gasteiger partial charge in [0, 0.05) is 50.7 Å². The van der Waals surface area contributed by atoms with Crippen molar-refractivity contribution in [3.63, 3.8) is 0 Å². The minimum Gasteiger partial charge on any atom is -0.352 e. The number of nitrogens with zero attached hydrogens (tertiary/aromatic N) is 8. The Morgan fingerprint density at radius 3 is 2.43 bits per heavy atom. The van der Waals surface area contributed by atoms with Gasteiger partial charge in [0.2, 0.25) is 0 Å². The molecule has 142 valence electrons. The molecule has 28 heavy (non-hydrogen) atoms. The first-order valence-corrected chi connectivity index (χ1v) is 9.24. The Morgan fingerprint density at radius 1 is 1.00 bits per heavy atom. The molecule has 0 unspecified atom stereocenters. The van der Waals surface area contributed by atoms with Crippen LogP contribution >= 0.6 is 0 Å². The number of hydrogen-bond acceptors (Lipinski definition) is 7. The van der Waals surface area contributed by atoms with E-state index in [2.05, 4.69) is 30.9 Å². The van der Waals surface area contributed by atoms with Crippen LogP contribution in [0.4, 0.5) is 11.6 Å². The van der Waals surface area contributed by atoms with Crippen molar-refractivity contribution < 1.29 is 0 Å². The van der Waals surface area contributed by atoms with E-state index in [0.29, 0.717) is 5.56 Å². The summed E-state index contributed by atoms with van der Waals surface area (Å²) in [4.78, 5) is 18.2. The summed E-state index contributed by atoms with van der Waals surface area (Å²) in [6.07, 6.45) is 7.28. The van der Waals surface area contributed by atoms with Gasteiger partial charge in [0.05, 0.1) is 29.8 Å². The average Bonchev–Trinajstić information content (AvgIpc) is 3.14. The third-order valence-corrected chi connectivity index (χ3v) is 4.96. The van der Waals surface area contributed by atoms with E-state index in [1.165, 1.54) is 0 Å². The van der Waals surface area contributed by atoms with E-state index in [1.807, 2.05) is 33.2 Å². The summed E-state index contributed by atoms with van der Waals surface area (Å²) in [5.41, 5.74) is 4.34. The van der Waals surface area contributed by atoms with Gasteiger partial charge in [0.1, 0.15) is 17.7 Å². The number of rotatable bonds is 3. The maximum absolute atomic E-state index is 9.54. The van der Waals surface area contributed by atoms with Gasteiger partial charge in [0.15, 0.2) is 0 Å². The third-order valence-electron chi connectivity index (χ3n) is 4.96. The molecular formula is C20H22N8. The van der Waals surface area contributed by atoms with Crippen LogP contribution in [-0.4, -0.2) is 50.9 Å². The number of aromatic nitrogens is 5. The molecule has 0 bridgehead atoms. The number of piperazine rings is 1. The van der Waals surface area contributed by atoms with Gasteiger partial charge < -0.3 is 9.80 Å². The first-order chi connectivity index (χ1) is 13.5. The Kier molecular flexibility index (Phi) is 4.65. The summed E-state index contributed by atoms with van der Waals surface area (Å²) in [7, 11) is 1.89. The van der Waals surface area contributed by atoms with E-state index < -0.39 is 0 Å². The van der Waals surface area contributed by atoms with E-state index in [4.69, 9.17) is 4.98 Å². The molecule has 0 aromatic carbocycles. The highest BCUT2D eigenvalue weighted by atomic mass is 15.3. The molecule has 0 saturated carbocycles. The monoisotopic (exact) mass is 374 g/mol. The molecule has 0 spiro atoms. The lowest BCUT2D eigenvalue weighted by molar-refractivity contribution is 0.639. The third kappa shape index (κ3) is 3.39. The van der Waals surface area contributed by atoms with E-state index >= 15 is 0 Å². The molecule has 3 aromatic rings. The fourth-order valence-electron chi connectivity index (χ4n) is 3.53. The summed E-state index contributed by atoms with van der Waals surface area (Å²) < 4.78 is 1.76. The molecule has 0 N–H and O–H groups in total. The molecule has 0 atom stereocenters. The zero-order valence-corrected chi connectivity index (χ0v) is 16.3. The maximum atomic E-state index is 9.54. The second kappa shape index (κ2) is 7.27. The molecule has 1 fully saturated rings. The predicted octanol–water partition coefficient (Wildman–Crippen LogP) is 2.09. The fraction of sp³-hybridized carbons (Fsp3) is 0.350. The van der Waals surface area contributed by atoms with Crippen molar-refractivity contribution >= 4 is 11.6 Å². The lowest BCUT2D eigenvalue weighted by Gasteiger charge is -2.36. The zero-order valence-electron chi connectivity index (χ0n) is 16.3. The van der Waals surface area contributed by atoms with Gasteiger partial charge in [-0.05, 0) is 25.5 Å². The van der Waals surface area contributed by atoms with Crippen LogP contribution in [0.25, 0.3) is 11.3 Å². The smallest absolute Gasteiger partial charge is 0.147 e. The first kappa shape index (κ1) is 17.9. The molecule has 0 radical (unpaired) electrons. The van der Waals surface area contributed by atoms with Gasteiger partial charge in [-0.3, -0.25) is 9.67 Å². The van der Waals surface area contributed by atoms with Crippen molar-refractivity contribution in [1.29, 1.82) is 5.26 Å². The van der Waals surface area contributed by atoms with Crippen LogP contribution < -0.4 is 9.80 Å². The van der Waals surface area contributed by atoms with Crippen molar-refractivity contribution in [1.82, 2.24) is 24.7 Å². The Hall–Kier alpha value is -3.47. The number of hydrogen-bond donors (Lipinski definition) is 0. The van der Waals surface area contributed by atoms with Gasteiger partial charge in [-0.15, -0.1) is 0 Å². The van der Waals surface area contributed by atoms with E-state index in [9.17, 15) is 5.26 Å². The summed E-state index contributed by atoms with van der Waals surface area (Å²) in [6.45, 7) is 7.09. The molecule has 8 nitrogen and oxygen atoms in total. The molecule has 1 saturated heterocycles. The maximum Gasteiger partial charge on any atom is 0.147 e. The predicted molar refractivity (Wildman–Crippen MR) is 107 cm³/mol. The Labute approximate surface area is 164 Å². The molecule has 1 aliphatic rings. The molecule has 3 aromatic heterocycles. The van der Waals surface area contributed by atoms with Gasteiger partial charge >= 0.3 is 0 Å². The second-order valence-corrected chi connectivity index (χ2v) is 7.03. The van der Waals surface area contributed by atoms with Gasteiger partial charge in [-0.25, -0.2) is 9.97 Å². The standard InChI is InChI=1S/C20H22N8/c1-14-8-15(2)24-20(17(14)9-21)28-6-4-27(5-7-28)19-12-22-11-18(25-19)16-10-23-26(3)13-16/h8,10-13H,4-7H2,1-3H3. The van der Waals surface area contributed by atoms with E-state index in [0.717, 1.165) is 60.3 Å². The Bertz CT molecular complexity index is 1040. The van der Waals surface area contributed by atoms with Gasteiger partial charge in [0.25, 0.3) is 0 Å². The van der Waals surface area contributed by atoms with Crippen molar-refractivity contribution in [3.05, 3.63) is 47.7 Å². The highest BCUT2D eigenvalue weighted by Gasteiger charge is 2.23. The molecule has 0 aliphatic carbocycles. The molecule has 0 amide bonds. The number of pyridine rings is 1. The van der Waals surface area contributed by atoms with Crippen LogP contribution in [-0.2, 0) is 7.05 Å². The average molecular weight is 374 g/mol. The number of anilines is 2. The zero-order chi connectivity index (χ0) is 19.7. The largest absolute Gasteiger partial charge is 0.352 e. The van der Waals surface area contributed by atoms with Crippen molar-refractivity contribution in [2.24, 2.45) is 7.05 Å². The second-order valence-electron chi connectivity index (χ2n) is 7.03.